The van der Waals surface area contributed by atoms with Crippen molar-refractivity contribution in [3.05, 3.63) is 71.2 Å². The SMILES string of the molecule is CC(C)(C)c1ccc2c(n1)N1CC3(CC3CC(c3cc(CN)ccn3)Nc3cccc(n3)S(=O)(=O)NC2=O)CC1(C)C. The van der Waals surface area contributed by atoms with E-state index in [1.54, 1.807) is 24.4 Å². The van der Waals surface area contributed by atoms with Gasteiger partial charge in [0.15, 0.2) is 5.03 Å². The molecule has 3 unspecified atom stereocenters. The Hall–Kier alpha value is -3.57. The summed E-state index contributed by atoms with van der Waals surface area (Å²) in [6.45, 7) is 11.7. The molecule has 10 nitrogen and oxygen atoms in total. The first-order valence-corrected chi connectivity index (χ1v) is 15.9. The molecule has 4 bridgehead atoms. The van der Waals surface area contributed by atoms with Crippen molar-refractivity contribution < 1.29 is 13.2 Å². The van der Waals surface area contributed by atoms with Crippen LogP contribution in [0.2, 0.25) is 0 Å². The Balaban J connectivity index is 1.49. The molecule has 1 saturated heterocycles. The summed E-state index contributed by atoms with van der Waals surface area (Å²) < 4.78 is 29.2. The molecule has 0 radical (unpaired) electrons. The van der Waals surface area contributed by atoms with Gasteiger partial charge in [-0.1, -0.05) is 26.8 Å². The zero-order valence-electron chi connectivity index (χ0n) is 24.8. The second-order valence-electron chi connectivity index (χ2n) is 13.7. The average Bonchev–Trinajstić information content (AvgIpc) is 3.50. The monoisotopic (exact) mass is 589 g/mol. The highest BCUT2D eigenvalue weighted by Gasteiger charge is 2.63. The Morgan fingerprint density at radius 2 is 1.90 bits per heavy atom. The molecule has 3 aliphatic rings. The number of nitrogens with one attached hydrogen (secondary N) is 2. The third kappa shape index (κ3) is 5.13. The van der Waals surface area contributed by atoms with Gasteiger partial charge in [0, 0.05) is 35.9 Å². The molecule has 222 valence electrons. The molecular formula is C31H39N7O3S. The first-order valence-electron chi connectivity index (χ1n) is 14.5. The lowest BCUT2D eigenvalue weighted by Gasteiger charge is -2.34. The number of carbonyl (C=O) groups is 1. The molecule has 3 aromatic heterocycles. The van der Waals surface area contributed by atoms with Crippen LogP contribution in [0, 0.1) is 11.3 Å². The molecule has 0 aromatic carbocycles. The maximum Gasteiger partial charge on any atom is 0.281 e. The predicted molar refractivity (Wildman–Crippen MR) is 162 cm³/mol. The Kier molecular flexibility index (Phi) is 6.62. The van der Waals surface area contributed by atoms with Gasteiger partial charge in [0.1, 0.15) is 11.6 Å². The zero-order chi connectivity index (χ0) is 30.1. The van der Waals surface area contributed by atoms with Crippen molar-refractivity contribution >= 4 is 27.6 Å². The first-order chi connectivity index (χ1) is 19.7. The summed E-state index contributed by atoms with van der Waals surface area (Å²) in [6.07, 6.45) is 4.53. The van der Waals surface area contributed by atoms with Crippen LogP contribution in [0.4, 0.5) is 11.6 Å². The van der Waals surface area contributed by atoms with Gasteiger partial charge in [-0.3, -0.25) is 9.78 Å². The normalized spacial score (nSPS) is 26.1. The topological polar surface area (TPSA) is 143 Å². The fraction of sp³-hybridized carbons (Fsp3) is 0.484. The number of carbonyl (C=O) groups excluding carboxylic acids is 1. The molecule has 1 amide bonds. The van der Waals surface area contributed by atoms with E-state index < -0.39 is 15.9 Å². The quantitative estimate of drug-likeness (QED) is 0.399. The molecule has 1 saturated carbocycles. The number of aromatic nitrogens is 3. The summed E-state index contributed by atoms with van der Waals surface area (Å²) >= 11 is 0. The number of hydrogen-bond acceptors (Lipinski definition) is 9. The van der Waals surface area contributed by atoms with Crippen molar-refractivity contribution in [2.75, 3.05) is 16.8 Å². The van der Waals surface area contributed by atoms with E-state index in [0.29, 0.717) is 24.1 Å². The number of nitrogens with zero attached hydrogens (tertiary/aromatic N) is 4. The van der Waals surface area contributed by atoms with E-state index in [2.05, 4.69) is 59.5 Å². The Morgan fingerprint density at radius 3 is 2.64 bits per heavy atom. The van der Waals surface area contributed by atoms with E-state index in [1.165, 1.54) is 6.07 Å². The zero-order valence-corrected chi connectivity index (χ0v) is 25.6. The number of hydrogen-bond donors (Lipinski definition) is 3. The Labute approximate surface area is 247 Å². The van der Waals surface area contributed by atoms with E-state index >= 15 is 0 Å². The van der Waals surface area contributed by atoms with Crippen LogP contribution in [0.25, 0.3) is 0 Å². The number of nitrogens with two attached hydrogens (primary N) is 1. The Bertz CT molecular complexity index is 1670. The van der Waals surface area contributed by atoms with Crippen molar-refractivity contribution in [1.82, 2.24) is 19.7 Å². The number of anilines is 2. The summed E-state index contributed by atoms with van der Waals surface area (Å²) in [5.74, 6) is 0.580. The highest BCUT2D eigenvalue weighted by molar-refractivity contribution is 7.90. The third-order valence-corrected chi connectivity index (χ3v) is 10.2. The molecule has 5 heterocycles. The number of amides is 1. The van der Waals surface area contributed by atoms with Crippen LogP contribution in [-0.2, 0) is 22.0 Å². The molecule has 3 aromatic rings. The summed E-state index contributed by atoms with van der Waals surface area (Å²) in [4.78, 5) is 30.0. The van der Waals surface area contributed by atoms with Crippen LogP contribution in [0.1, 0.15) is 87.2 Å². The molecule has 4 N–H and O–H groups in total. The van der Waals surface area contributed by atoms with Crippen molar-refractivity contribution in [2.24, 2.45) is 17.1 Å². The fourth-order valence-electron chi connectivity index (χ4n) is 6.73. The minimum atomic E-state index is -4.28. The lowest BCUT2D eigenvalue weighted by atomic mass is 9.90. The van der Waals surface area contributed by atoms with Crippen molar-refractivity contribution in [1.29, 1.82) is 0 Å². The van der Waals surface area contributed by atoms with Crippen LogP contribution >= 0.6 is 0 Å². The lowest BCUT2D eigenvalue weighted by Crippen LogP contribution is -2.41. The fourth-order valence-corrected chi connectivity index (χ4v) is 7.67. The number of fused-ring (bicyclic) bond motifs is 5. The molecule has 1 spiro atoms. The molecule has 2 fully saturated rings. The van der Waals surface area contributed by atoms with Gasteiger partial charge in [-0.05, 0) is 86.4 Å². The van der Waals surface area contributed by atoms with Crippen LogP contribution in [0.3, 0.4) is 0 Å². The van der Waals surface area contributed by atoms with Crippen LogP contribution < -0.4 is 20.7 Å². The van der Waals surface area contributed by atoms with Gasteiger partial charge in [0.05, 0.1) is 17.3 Å². The van der Waals surface area contributed by atoms with E-state index in [0.717, 1.165) is 42.8 Å². The van der Waals surface area contributed by atoms with E-state index in [-0.39, 0.29) is 33.0 Å². The van der Waals surface area contributed by atoms with E-state index in [1.807, 2.05) is 18.2 Å². The van der Waals surface area contributed by atoms with Gasteiger partial charge in [-0.25, -0.2) is 14.7 Å². The minimum absolute atomic E-state index is 0.0452. The first kappa shape index (κ1) is 28.5. The average molecular weight is 590 g/mol. The molecule has 3 atom stereocenters. The van der Waals surface area contributed by atoms with Crippen LogP contribution in [0.15, 0.2) is 53.7 Å². The van der Waals surface area contributed by atoms with Gasteiger partial charge in [0.2, 0.25) is 0 Å². The maximum absolute atomic E-state index is 13.7. The highest BCUT2D eigenvalue weighted by Crippen LogP contribution is 2.65. The standard InChI is InChI=1S/C31H39N7O3S/c1-29(2,3)24-10-9-21-27(35-24)38-18-31(17-30(38,4)5)15-20(31)14-23(22-13-19(16-32)11-12-33-22)34-25-7-6-8-26(36-25)42(40,41)37-28(21)39/h6-13,20,23H,14-18,32H2,1-5H3,(H,34,36)(H,37,39). The highest BCUT2D eigenvalue weighted by atomic mass is 32.2. The van der Waals surface area contributed by atoms with Gasteiger partial charge >= 0.3 is 0 Å². The Morgan fingerprint density at radius 1 is 1.12 bits per heavy atom. The molecule has 6 rings (SSSR count). The maximum atomic E-state index is 13.7. The van der Waals surface area contributed by atoms with Crippen LogP contribution in [0.5, 0.6) is 0 Å². The van der Waals surface area contributed by atoms with E-state index in [4.69, 9.17) is 10.7 Å². The lowest BCUT2D eigenvalue weighted by molar-refractivity contribution is 0.0981. The number of sulfonamides is 1. The van der Waals surface area contributed by atoms with Gasteiger partial charge in [-0.2, -0.15) is 8.42 Å². The van der Waals surface area contributed by atoms with Gasteiger partial charge in [-0.15, -0.1) is 0 Å². The number of pyridine rings is 3. The van der Waals surface area contributed by atoms with Gasteiger partial charge in [0.25, 0.3) is 15.9 Å². The summed E-state index contributed by atoms with van der Waals surface area (Å²) in [7, 11) is -4.28. The molecular weight excluding hydrogens is 550 g/mol. The number of rotatable bonds is 2. The van der Waals surface area contributed by atoms with Crippen LogP contribution in [-0.4, -0.2) is 41.4 Å². The largest absolute Gasteiger partial charge is 0.362 e. The third-order valence-electron chi connectivity index (χ3n) is 9.00. The van der Waals surface area contributed by atoms with Gasteiger partial charge < -0.3 is 16.0 Å². The minimum Gasteiger partial charge on any atom is -0.362 e. The van der Waals surface area contributed by atoms with E-state index in [9.17, 15) is 13.2 Å². The summed E-state index contributed by atoms with van der Waals surface area (Å²) in [6, 6.07) is 11.9. The second kappa shape index (κ2) is 9.74. The summed E-state index contributed by atoms with van der Waals surface area (Å²) in [5.41, 5.74) is 8.32. The van der Waals surface area contributed by atoms with Crippen molar-refractivity contribution in [3.63, 3.8) is 0 Å². The summed E-state index contributed by atoms with van der Waals surface area (Å²) in [5, 5.41) is 3.22. The van der Waals surface area contributed by atoms with Crippen molar-refractivity contribution in [3.8, 4) is 0 Å². The second-order valence-corrected chi connectivity index (χ2v) is 15.3. The van der Waals surface area contributed by atoms with Crippen molar-refractivity contribution in [2.45, 2.75) is 82.4 Å². The molecule has 11 heteroatoms. The predicted octanol–water partition coefficient (Wildman–Crippen LogP) is 4.30. The smallest absolute Gasteiger partial charge is 0.281 e. The molecule has 2 aliphatic heterocycles. The molecule has 1 aliphatic carbocycles. The molecule has 42 heavy (non-hydrogen) atoms.